The summed E-state index contributed by atoms with van der Waals surface area (Å²) in [5.74, 6) is 0.603. The Morgan fingerprint density at radius 2 is 2.16 bits per heavy atom. The van der Waals surface area contributed by atoms with Crippen LogP contribution in [0.2, 0.25) is 5.02 Å². The molecule has 0 amide bonds. The van der Waals surface area contributed by atoms with Crippen LogP contribution in [0.5, 0.6) is 5.75 Å². The minimum atomic E-state index is -0.544. The van der Waals surface area contributed by atoms with Gasteiger partial charge in [0.1, 0.15) is 18.5 Å². The monoisotopic (exact) mass is 285 g/mol. The average Bonchev–Trinajstić information content (AvgIpc) is 2.36. The predicted octanol–water partition coefficient (Wildman–Crippen LogP) is 1.85. The number of halogens is 1. The highest BCUT2D eigenvalue weighted by molar-refractivity contribution is 6.32. The molecule has 0 heterocycles. The second-order valence-electron chi connectivity index (χ2n) is 4.83. The van der Waals surface area contributed by atoms with Gasteiger partial charge in [-0.2, -0.15) is 0 Å². The fourth-order valence-electron chi connectivity index (χ4n) is 2.03. The van der Waals surface area contributed by atoms with Crippen molar-refractivity contribution in [3.63, 3.8) is 0 Å². The standard InChI is InChI=1S/C14H20ClNO3/c1-18-12-6-10(7-12)16-8-11(17)9-19-14-5-3-2-4-13(14)15/h2-5,10-12,16-17H,6-9H2,1H3. The van der Waals surface area contributed by atoms with Crippen molar-refractivity contribution in [1.29, 1.82) is 0 Å². The fraction of sp³-hybridized carbons (Fsp3) is 0.571. The van der Waals surface area contributed by atoms with Crippen LogP contribution in [0.3, 0.4) is 0 Å². The van der Waals surface area contributed by atoms with E-state index >= 15 is 0 Å². The maximum Gasteiger partial charge on any atom is 0.138 e. The van der Waals surface area contributed by atoms with Crippen molar-refractivity contribution in [3.8, 4) is 5.75 Å². The molecule has 0 saturated heterocycles. The van der Waals surface area contributed by atoms with Gasteiger partial charge in [-0.25, -0.2) is 0 Å². The highest BCUT2D eigenvalue weighted by Gasteiger charge is 2.28. The fourth-order valence-corrected chi connectivity index (χ4v) is 2.22. The van der Waals surface area contributed by atoms with Crippen LogP contribution in [-0.2, 0) is 4.74 Å². The second kappa shape index (κ2) is 7.10. The number of hydrogen-bond acceptors (Lipinski definition) is 4. The van der Waals surface area contributed by atoms with E-state index in [-0.39, 0.29) is 6.61 Å². The van der Waals surface area contributed by atoms with Crippen LogP contribution in [0.1, 0.15) is 12.8 Å². The molecule has 106 valence electrons. The first-order valence-corrected chi connectivity index (χ1v) is 6.88. The third kappa shape index (κ3) is 4.35. The number of aliphatic hydroxyl groups is 1. The Labute approximate surface area is 118 Å². The van der Waals surface area contributed by atoms with Crippen molar-refractivity contribution in [1.82, 2.24) is 5.32 Å². The van der Waals surface area contributed by atoms with Crippen molar-refractivity contribution in [3.05, 3.63) is 29.3 Å². The molecule has 1 aromatic rings. The van der Waals surface area contributed by atoms with Crippen LogP contribution in [0.25, 0.3) is 0 Å². The molecule has 19 heavy (non-hydrogen) atoms. The zero-order chi connectivity index (χ0) is 13.7. The summed E-state index contributed by atoms with van der Waals surface area (Å²) in [7, 11) is 1.73. The number of ether oxygens (including phenoxy) is 2. The molecule has 1 aliphatic carbocycles. The third-order valence-corrected chi connectivity index (χ3v) is 3.65. The number of methoxy groups -OCH3 is 1. The lowest BCUT2D eigenvalue weighted by atomic mass is 9.89. The first-order valence-electron chi connectivity index (χ1n) is 6.50. The largest absolute Gasteiger partial charge is 0.489 e. The number of para-hydroxylation sites is 1. The smallest absolute Gasteiger partial charge is 0.138 e. The molecule has 4 nitrogen and oxygen atoms in total. The van der Waals surface area contributed by atoms with Crippen LogP contribution in [-0.4, -0.2) is 43.6 Å². The average molecular weight is 286 g/mol. The van der Waals surface area contributed by atoms with E-state index in [0.29, 0.717) is 29.5 Å². The van der Waals surface area contributed by atoms with Gasteiger partial charge in [0.15, 0.2) is 0 Å². The lowest BCUT2D eigenvalue weighted by Gasteiger charge is -2.35. The maximum atomic E-state index is 9.83. The lowest BCUT2D eigenvalue weighted by Crippen LogP contribution is -2.48. The summed E-state index contributed by atoms with van der Waals surface area (Å²) in [5, 5.41) is 13.7. The van der Waals surface area contributed by atoms with Crippen molar-refractivity contribution in [2.75, 3.05) is 20.3 Å². The van der Waals surface area contributed by atoms with Crippen LogP contribution >= 0.6 is 11.6 Å². The molecule has 0 spiro atoms. The molecular weight excluding hydrogens is 266 g/mol. The molecule has 0 bridgehead atoms. The normalized spacial score (nSPS) is 23.7. The molecule has 1 aromatic carbocycles. The first kappa shape index (κ1) is 14.6. The first-order chi connectivity index (χ1) is 9.19. The third-order valence-electron chi connectivity index (χ3n) is 3.34. The molecule has 5 heteroatoms. The van der Waals surface area contributed by atoms with E-state index in [1.165, 1.54) is 0 Å². The van der Waals surface area contributed by atoms with Gasteiger partial charge in [0.25, 0.3) is 0 Å². The Morgan fingerprint density at radius 1 is 1.42 bits per heavy atom. The Balaban J connectivity index is 1.62. The molecule has 2 N–H and O–H groups in total. The summed E-state index contributed by atoms with van der Waals surface area (Å²) in [6.07, 6.45) is 1.84. The Hall–Kier alpha value is -0.810. The van der Waals surface area contributed by atoms with E-state index in [4.69, 9.17) is 21.1 Å². The number of hydrogen-bond donors (Lipinski definition) is 2. The number of rotatable bonds is 7. The number of aliphatic hydroxyl groups excluding tert-OH is 1. The van der Waals surface area contributed by atoms with Gasteiger partial charge < -0.3 is 19.9 Å². The van der Waals surface area contributed by atoms with Gasteiger partial charge >= 0.3 is 0 Å². The quantitative estimate of drug-likeness (QED) is 0.803. The van der Waals surface area contributed by atoms with Gasteiger partial charge in [0.05, 0.1) is 11.1 Å². The van der Waals surface area contributed by atoms with Crippen LogP contribution in [0.4, 0.5) is 0 Å². The van der Waals surface area contributed by atoms with Gasteiger partial charge in [-0.05, 0) is 25.0 Å². The van der Waals surface area contributed by atoms with Gasteiger partial charge in [-0.15, -0.1) is 0 Å². The van der Waals surface area contributed by atoms with Crippen LogP contribution in [0, 0.1) is 0 Å². The predicted molar refractivity (Wildman–Crippen MR) is 74.8 cm³/mol. The summed E-state index contributed by atoms with van der Waals surface area (Å²) in [6, 6.07) is 7.69. The molecule has 1 fully saturated rings. The van der Waals surface area contributed by atoms with Gasteiger partial charge in [-0.3, -0.25) is 0 Å². The van der Waals surface area contributed by atoms with Crippen molar-refractivity contribution in [2.24, 2.45) is 0 Å². The molecule has 2 rings (SSSR count). The summed E-state index contributed by atoms with van der Waals surface area (Å²) in [4.78, 5) is 0. The summed E-state index contributed by atoms with van der Waals surface area (Å²) in [5.41, 5.74) is 0. The SMILES string of the molecule is COC1CC(NCC(O)COc2ccccc2Cl)C1. The van der Waals surface area contributed by atoms with Gasteiger partial charge in [0, 0.05) is 19.7 Å². The van der Waals surface area contributed by atoms with E-state index < -0.39 is 6.10 Å². The van der Waals surface area contributed by atoms with Crippen molar-refractivity contribution < 1.29 is 14.6 Å². The molecule has 0 aliphatic heterocycles. The molecule has 0 aromatic heterocycles. The van der Waals surface area contributed by atoms with Crippen molar-refractivity contribution in [2.45, 2.75) is 31.1 Å². The van der Waals surface area contributed by atoms with Crippen LogP contribution in [0.15, 0.2) is 24.3 Å². The molecule has 1 unspecified atom stereocenters. The van der Waals surface area contributed by atoms with Gasteiger partial charge in [0.2, 0.25) is 0 Å². The number of benzene rings is 1. The summed E-state index contributed by atoms with van der Waals surface area (Å²) >= 11 is 5.96. The van der Waals surface area contributed by atoms with E-state index in [1.54, 1.807) is 19.2 Å². The highest BCUT2D eigenvalue weighted by atomic mass is 35.5. The molecule has 0 radical (unpaired) electrons. The van der Waals surface area contributed by atoms with Gasteiger partial charge in [-0.1, -0.05) is 23.7 Å². The summed E-state index contributed by atoms with van der Waals surface area (Å²) in [6.45, 7) is 0.753. The zero-order valence-corrected chi connectivity index (χ0v) is 11.8. The highest BCUT2D eigenvalue weighted by Crippen LogP contribution is 2.24. The van der Waals surface area contributed by atoms with E-state index in [1.807, 2.05) is 12.1 Å². The second-order valence-corrected chi connectivity index (χ2v) is 5.24. The maximum absolute atomic E-state index is 9.83. The van der Waals surface area contributed by atoms with E-state index in [2.05, 4.69) is 5.32 Å². The Morgan fingerprint density at radius 3 is 2.84 bits per heavy atom. The number of nitrogens with one attached hydrogen (secondary N) is 1. The topological polar surface area (TPSA) is 50.7 Å². The molecule has 1 aliphatic rings. The van der Waals surface area contributed by atoms with Crippen LogP contribution < -0.4 is 10.1 Å². The summed E-state index contributed by atoms with van der Waals surface area (Å²) < 4.78 is 10.7. The molecule has 1 atom stereocenters. The Kier molecular flexibility index (Phi) is 5.45. The minimum Gasteiger partial charge on any atom is -0.489 e. The lowest BCUT2D eigenvalue weighted by molar-refractivity contribution is 0.0117. The van der Waals surface area contributed by atoms with E-state index in [9.17, 15) is 5.11 Å². The minimum absolute atomic E-state index is 0.233. The molecular formula is C14H20ClNO3. The zero-order valence-electron chi connectivity index (χ0n) is 11.0. The Bertz CT molecular complexity index is 396. The van der Waals surface area contributed by atoms with E-state index in [0.717, 1.165) is 12.8 Å². The van der Waals surface area contributed by atoms with Crippen molar-refractivity contribution >= 4 is 11.6 Å². The molecule has 1 saturated carbocycles.